The van der Waals surface area contributed by atoms with Crippen molar-refractivity contribution in [1.82, 2.24) is 4.31 Å². The van der Waals surface area contributed by atoms with Crippen molar-refractivity contribution < 1.29 is 22.4 Å². The average molecular weight is 404 g/mol. The zero-order valence-electron chi connectivity index (χ0n) is 16.0. The number of Topliss-reactive ketones (excluding diaryl/α,β-unsaturated/α-hetero) is 1. The number of amides is 1. The SMILES string of the molecule is CC(=O)c1cc(CCC(=O)Nc2ccc(S(=O)(=O)N3CCCC3)cc2)oc1C. The van der Waals surface area contributed by atoms with Gasteiger partial charge in [-0.05, 0) is 57.0 Å². The van der Waals surface area contributed by atoms with Gasteiger partial charge in [0.05, 0.1) is 10.5 Å². The molecule has 7 nitrogen and oxygen atoms in total. The smallest absolute Gasteiger partial charge is 0.243 e. The third kappa shape index (κ3) is 4.51. The van der Waals surface area contributed by atoms with Crippen molar-refractivity contribution in [3.05, 3.63) is 47.4 Å². The minimum Gasteiger partial charge on any atom is -0.466 e. The Balaban J connectivity index is 1.57. The minimum absolute atomic E-state index is 0.0686. The molecular formula is C20H24N2O5S. The molecule has 1 aromatic carbocycles. The molecule has 3 rings (SSSR count). The average Bonchev–Trinajstić information content (AvgIpc) is 3.30. The first-order valence-corrected chi connectivity index (χ1v) is 10.7. The molecule has 1 aliphatic rings. The molecule has 1 saturated heterocycles. The van der Waals surface area contributed by atoms with Crippen LogP contribution < -0.4 is 5.32 Å². The first kappa shape index (κ1) is 20.3. The summed E-state index contributed by atoms with van der Waals surface area (Å²) in [4.78, 5) is 23.8. The van der Waals surface area contributed by atoms with Crippen LogP contribution in [0.2, 0.25) is 0 Å². The number of rotatable bonds is 7. The number of carbonyl (C=O) groups excluding carboxylic acids is 2. The maximum absolute atomic E-state index is 12.5. The van der Waals surface area contributed by atoms with E-state index in [0.717, 1.165) is 12.8 Å². The molecule has 1 N–H and O–H groups in total. The molecule has 150 valence electrons. The van der Waals surface area contributed by atoms with Crippen LogP contribution in [0, 0.1) is 6.92 Å². The number of sulfonamides is 1. The Morgan fingerprint density at radius 1 is 1.14 bits per heavy atom. The number of nitrogens with zero attached hydrogens (tertiary/aromatic N) is 1. The molecule has 1 aliphatic heterocycles. The van der Waals surface area contributed by atoms with E-state index in [0.29, 0.717) is 42.3 Å². The Morgan fingerprint density at radius 3 is 2.36 bits per heavy atom. The van der Waals surface area contributed by atoms with E-state index in [4.69, 9.17) is 4.42 Å². The molecular weight excluding hydrogens is 380 g/mol. The number of ketones is 1. The number of hydrogen-bond acceptors (Lipinski definition) is 5. The van der Waals surface area contributed by atoms with Crippen LogP contribution in [0.1, 0.15) is 48.1 Å². The Hall–Kier alpha value is -2.45. The van der Waals surface area contributed by atoms with Gasteiger partial charge in [-0.2, -0.15) is 4.31 Å². The Bertz CT molecular complexity index is 971. The second-order valence-electron chi connectivity index (χ2n) is 6.92. The third-order valence-electron chi connectivity index (χ3n) is 4.79. The van der Waals surface area contributed by atoms with Gasteiger partial charge in [-0.25, -0.2) is 8.42 Å². The van der Waals surface area contributed by atoms with Gasteiger partial charge in [0.25, 0.3) is 0 Å². The molecule has 0 radical (unpaired) electrons. The number of aryl methyl sites for hydroxylation is 2. The number of furan rings is 1. The molecule has 2 heterocycles. The van der Waals surface area contributed by atoms with E-state index in [1.807, 2.05) is 0 Å². The summed E-state index contributed by atoms with van der Waals surface area (Å²) in [5.41, 5.74) is 1.07. The Labute approximate surface area is 164 Å². The summed E-state index contributed by atoms with van der Waals surface area (Å²) in [5, 5.41) is 2.75. The van der Waals surface area contributed by atoms with Gasteiger partial charge in [-0.1, -0.05) is 0 Å². The zero-order chi connectivity index (χ0) is 20.3. The lowest BCUT2D eigenvalue weighted by Crippen LogP contribution is -2.27. The monoisotopic (exact) mass is 404 g/mol. The van der Waals surface area contributed by atoms with Crippen LogP contribution >= 0.6 is 0 Å². The summed E-state index contributed by atoms with van der Waals surface area (Å²) < 4.78 is 32.0. The first-order valence-electron chi connectivity index (χ1n) is 9.27. The molecule has 0 bridgehead atoms. The highest BCUT2D eigenvalue weighted by molar-refractivity contribution is 7.89. The molecule has 2 aromatic rings. The molecule has 0 saturated carbocycles. The Morgan fingerprint density at radius 2 is 1.79 bits per heavy atom. The molecule has 1 aromatic heterocycles. The predicted molar refractivity (Wildman–Crippen MR) is 105 cm³/mol. The lowest BCUT2D eigenvalue weighted by Gasteiger charge is -2.15. The van der Waals surface area contributed by atoms with Crippen molar-refractivity contribution in [3.8, 4) is 0 Å². The molecule has 0 atom stereocenters. The van der Waals surface area contributed by atoms with Gasteiger partial charge < -0.3 is 9.73 Å². The van der Waals surface area contributed by atoms with Crippen LogP contribution in [-0.2, 0) is 21.2 Å². The number of anilines is 1. The summed E-state index contributed by atoms with van der Waals surface area (Å²) in [6.07, 6.45) is 2.34. The van der Waals surface area contributed by atoms with Crippen LogP contribution in [0.15, 0.2) is 39.6 Å². The minimum atomic E-state index is -3.46. The molecule has 0 unspecified atom stereocenters. The van der Waals surface area contributed by atoms with Gasteiger partial charge in [-0.3, -0.25) is 9.59 Å². The van der Waals surface area contributed by atoms with Crippen molar-refractivity contribution in [1.29, 1.82) is 0 Å². The lowest BCUT2D eigenvalue weighted by molar-refractivity contribution is -0.116. The van der Waals surface area contributed by atoms with Gasteiger partial charge in [0.2, 0.25) is 15.9 Å². The van der Waals surface area contributed by atoms with E-state index < -0.39 is 10.0 Å². The highest BCUT2D eigenvalue weighted by Crippen LogP contribution is 2.22. The molecule has 28 heavy (non-hydrogen) atoms. The standard InChI is InChI=1S/C20H24N2O5S/c1-14(23)19-13-17(27-15(19)2)7-10-20(24)21-16-5-8-18(9-6-16)28(25,26)22-11-3-4-12-22/h5-6,8-9,13H,3-4,7,10-12H2,1-2H3,(H,21,24). The lowest BCUT2D eigenvalue weighted by atomic mass is 10.1. The number of carbonyl (C=O) groups is 2. The quantitative estimate of drug-likeness (QED) is 0.715. The van der Waals surface area contributed by atoms with Crippen LogP contribution in [0.3, 0.4) is 0 Å². The maximum atomic E-state index is 12.5. The first-order chi connectivity index (χ1) is 13.3. The number of hydrogen-bond donors (Lipinski definition) is 1. The van der Waals surface area contributed by atoms with Crippen LogP contribution in [0.5, 0.6) is 0 Å². The molecule has 0 aliphatic carbocycles. The third-order valence-corrected chi connectivity index (χ3v) is 6.70. The molecule has 1 amide bonds. The van der Waals surface area contributed by atoms with Gasteiger partial charge >= 0.3 is 0 Å². The maximum Gasteiger partial charge on any atom is 0.243 e. The Kier molecular flexibility index (Phi) is 6.00. The van der Waals surface area contributed by atoms with Crippen molar-refractivity contribution in [2.45, 2.75) is 44.4 Å². The van der Waals surface area contributed by atoms with Crippen molar-refractivity contribution in [2.24, 2.45) is 0 Å². The highest BCUT2D eigenvalue weighted by atomic mass is 32.2. The predicted octanol–water partition coefficient (Wildman–Crippen LogP) is 3.15. The summed E-state index contributed by atoms with van der Waals surface area (Å²) in [6.45, 7) is 4.30. The van der Waals surface area contributed by atoms with Gasteiger partial charge in [-0.15, -0.1) is 0 Å². The fourth-order valence-corrected chi connectivity index (χ4v) is 4.78. The van der Waals surface area contributed by atoms with E-state index in [-0.39, 0.29) is 23.0 Å². The van der Waals surface area contributed by atoms with Gasteiger partial charge in [0, 0.05) is 31.6 Å². The van der Waals surface area contributed by atoms with E-state index in [2.05, 4.69) is 5.32 Å². The van der Waals surface area contributed by atoms with Crippen LogP contribution in [0.25, 0.3) is 0 Å². The summed E-state index contributed by atoms with van der Waals surface area (Å²) in [5.74, 6) is 0.858. The van der Waals surface area contributed by atoms with Gasteiger partial charge in [0.1, 0.15) is 11.5 Å². The van der Waals surface area contributed by atoms with Crippen molar-refractivity contribution in [3.63, 3.8) is 0 Å². The van der Waals surface area contributed by atoms with E-state index in [9.17, 15) is 18.0 Å². The summed E-state index contributed by atoms with van der Waals surface area (Å²) in [7, 11) is -3.46. The molecule has 0 spiro atoms. The summed E-state index contributed by atoms with van der Waals surface area (Å²) >= 11 is 0. The zero-order valence-corrected chi connectivity index (χ0v) is 16.8. The number of benzene rings is 1. The highest BCUT2D eigenvalue weighted by Gasteiger charge is 2.26. The molecule has 1 fully saturated rings. The largest absolute Gasteiger partial charge is 0.466 e. The fourth-order valence-electron chi connectivity index (χ4n) is 3.26. The topological polar surface area (TPSA) is 96.7 Å². The van der Waals surface area contributed by atoms with Gasteiger partial charge in [0.15, 0.2) is 5.78 Å². The van der Waals surface area contributed by atoms with Crippen molar-refractivity contribution >= 4 is 27.4 Å². The van der Waals surface area contributed by atoms with E-state index in [1.165, 1.54) is 23.4 Å². The fraction of sp³-hybridized carbons (Fsp3) is 0.400. The van der Waals surface area contributed by atoms with E-state index in [1.54, 1.807) is 25.1 Å². The van der Waals surface area contributed by atoms with E-state index >= 15 is 0 Å². The number of nitrogens with one attached hydrogen (secondary N) is 1. The van der Waals surface area contributed by atoms with Crippen LogP contribution in [-0.4, -0.2) is 37.5 Å². The summed E-state index contributed by atoms with van der Waals surface area (Å²) in [6, 6.07) is 7.87. The normalized spacial score (nSPS) is 14.9. The van der Waals surface area contributed by atoms with Crippen molar-refractivity contribution in [2.75, 3.05) is 18.4 Å². The second kappa shape index (κ2) is 8.28. The molecule has 8 heteroatoms. The second-order valence-corrected chi connectivity index (χ2v) is 8.86. The van der Waals surface area contributed by atoms with Crippen LogP contribution in [0.4, 0.5) is 5.69 Å².